The Balaban J connectivity index is 2.21. The Labute approximate surface area is 148 Å². The van der Waals surface area contributed by atoms with E-state index in [1.165, 1.54) is 10.9 Å². The summed E-state index contributed by atoms with van der Waals surface area (Å²) in [6.45, 7) is 8.94. The molecular weight excluding hydrogens is 326 g/mol. The van der Waals surface area contributed by atoms with E-state index in [2.05, 4.69) is 17.3 Å². The number of aromatic nitrogens is 2. The van der Waals surface area contributed by atoms with Gasteiger partial charge in [-0.3, -0.25) is 9.59 Å². The van der Waals surface area contributed by atoms with E-state index in [1.54, 1.807) is 27.0 Å². The first-order chi connectivity index (χ1) is 11.8. The van der Waals surface area contributed by atoms with Crippen LogP contribution >= 0.6 is 0 Å². The van der Waals surface area contributed by atoms with Crippen molar-refractivity contribution in [1.29, 1.82) is 0 Å². The third-order valence-electron chi connectivity index (χ3n) is 3.10. The van der Waals surface area contributed by atoms with Crippen LogP contribution in [0.5, 0.6) is 0 Å². The topological polar surface area (TPSA) is 91.7 Å². The number of unbranched alkanes of at least 4 members (excludes halogenated alkanes) is 1. The van der Waals surface area contributed by atoms with Gasteiger partial charge >= 0.3 is 5.97 Å². The van der Waals surface area contributed by atoms with Crippen LogP contribution in [0.25, 0.3) is 0 Å². The number of anilines is 1. The standard InChI is InChI=1S/C17H29N3O5/c1-5-6-7-23-8-9-24-12-15(21)19-14-10-18-20(11-14)13-25-16(22)17(2,3)4/h10-11H,5-9,12-13H2,1-4H3,(H,19,21). The van der Waals surface area contributed by atoms with Crippen LogP contribution in [0.4, 0.5) is 5.69 Å². The summed E-state index contributed by atoms with van der Waals surface area (Å²) in [5, 5.41) is 6.69. The highest BCUT2D eigenvalue weighted by atomic mass is 16.5. The highest BCUT2D eigenvalue weighted by Gasteiger charge is 2.23. The maximum Gasteiger partial charge on any atom is 0.313 e. The van der Waals surface area contributed by atoms with Crippen molar-refractivity contribution in [1.82, 2.24) is 9.78 Å². The van der Waals surface area contributed by atoms with Gasteiger partial charge in [0.25, 0.3) is 0 Å². The third-order valence-corrected chi connectivity index (χ3v) is 3.10. The minimum atomic E-state index is -0.568. The Kier molecular flexibility index (Phi) is 9.15. The van der Waals surface area contributed by atoms with Crippen molar-refractivity contribution in [2.75, 3.05) is 31.7 Å². The van der Waals surface area contributed by atoms with Crippen LogP contribution in [0.15, 0.2) is 12.4 Å². The number of hydrogen-bond acceptors (Lipinski definition) is 6. The number of nitrogens with one attached hydrogen (secondary N) is 1. The first-order valence-corrected chi connectivity index (χ1v) is 8.48. The van der Waals surface area contributed by atoms with Crippen LogP contribution in [0.1, 0.15) is 40.5 Å². The van der Waals surface area contributed by atoms with E-state index in [1.807, 2.05) is 0 Å². The van der Waals surface area contributed by atoms with Crippen molar-refractivity contribution in [3.63, 3.8) is 0 Å². The lowest BCUT2D eigenvalue weighted by atomic mass is 9.98. The molecule has 25 heavy (non-hydrogen) atoms. The molecule has 142 valence electrons. The average Bonchev–Trinajstić information content (AvgIpc) is 2.98. The number of ether oxygens (including phenoxy) is 3. The van der Waals surface area contributed by atoms with Crippen molar-refractivity contribution in [2.24, 2.45) is 5.41 Å². The second-order valence-corrected chi connectivity index (χ2v) is 6.65. The van der Waals surface area contributed by atoms with Crippen LogP contribution in [0.3, 0.4) is 0 Å². The normalized spacial score (nSPS) is 11.4. The van der Waals surface area contributed by atoms with Crippen molar-refractivity contribution in [3.8, 4) is 0 Å². The molecule has 8 heteroatoms. The summed E-state index contributed by atoms with van der Waals surface area (Å²) in [4.78, 5) is 23.4. The van der Waals surface area contributed by atoms with E-state index in [0.717, 1.165) is 12.8 Å². The molecule has 1 rings (SSSR count). The fourth-order valence-corrected chi connectivity index (χ4v) is 1.67. The monoisotopic (exact) mass is 355 g/mol. The summed E-state index contributed by atoms with van der Waals surface area (Å²) < 4.78 is 17.1. The molecule has 0 atom stereocenters. The lowest BCUT2D eigenvalue weighted by Crippen LogP contribution is -2.24. The van der Waals surface area contributed by atoms with E-state index in [4.69, 9.17) is 14.2 Å². The number of hydrogen-bond donors (Lipinski definition) is 1. The average molecular weight is 355 g/mol. The molecule has 1 heterocycles. The number of amides is 1. The molecule has 0 radical (unpaired) electrons. The summed E-state index contributed by atoms with van der Waals surface area (Å²) in [5.74, 6) is -0.595. The summed E-state index contributed by atoms with van der Waals surface area (Å²) >= 11 is 0. The predicted molar refractivity (Wildman–Crippen MR) is 92.9 cm³/mol. The van der Waals surface area contributed by atoms with Crippen LogP contribution in [0, 0.1) is 5.41 Å². The Hall–Kier alpha value is -1.93. The van der Waals surface area contributed by atoms with Gasteiger partial charge in [-0.05, 0) is 27.2 Å². The fourth-order valence-electron chi connectivity index (χ4n) is 1.67. The minimum absolute atomic E-state index is 0.00241. The van der Waals surface area contributed by atoms with Crippen molar-refractivity contribution >= 4 is 17.6 Å². The molecule has 0 aliphatic carbocycles. The number of carbonyl (C=O) groups excluding carboxylic acids is 2. The predicted octanol–water partition coefficient (Wildman–Crippen LogP) is 2.20. The molecule has 1 aromatic rings. The highest BCUT2D eigenvalue weighted by molar-refractivity contribution is 5.91. The molecule has 1 N–H and O–H groups in total. The zero-order chi connectivity index (χ0) is 18.7. The van der Waals surface area contributed by atoms with Crippen molar-refractivity contribution < 1.29 is 23.8 Å². The van der Waals surface area contributed by atoms with Crippen LogP contribution in [-0.2, 0) is 30.5 Å². The maximum absolute atomic E-state index is 11.8. The van der Waals surface area contributed by atoms with E-state index < -0.39 is 5.41 Å². The molecule has 0 spiro atoms. The number of nitrogens with zero attached hydrogens (tertiary/aromatic N) is 2. The summed E-state index contributed by atoms with van der Waals surface area (Å²) in [5.41, 5.74) is -0.0541. The first kappa shape index (κ1) is 21.1. The van der Waals surface area contributed by atoms with E-state index >= 15 is 0 Å². The highest BCUT2D eigenvalue weighted by Crippen LogP contribution is 2.15. The van der Waals surface area contributed by atoms with Gasteiger partial charge in [0.1, 0.15) is 6.61 Å². The molecule has 0 fully saturated rings. The third kappa shape index (κ3) is 9.21. The van der Waals surface area contributed by atoms with E-state index in [-0.39, 0.29) is 25.2 Å². The molecule has 0 saturated heterocycles. The van der Waals surface area contributed by atoms with Gasteiger partial charge in [-0.2, -0.15) is 5.10 Å². The Morgan fingerprint density at radius 2 is 1.92 bits per heavy atom. The van der Waals surface area contributed by atoms with Gasteiger partial charge < -0.3 is 19.5 Å². The van der Waals surface area contributed by atoms with Crippen LogP contribution < -0.4 is 5.32 Å². The smallest absolute Gasteiger partial charge is 0.313 e. The van der Waals surface area contributed by atoms with Gasteiger partial charge in [-0.25, -0.2) is 4.68 Å². The quantitative estimate of drug-likeness (QED) is 0.483. The number of rotatable bonds is 11. The summed E-state index contributed by atoms with van der Waals surface area (Å²) in [7, 11) is 0. The van der Waals surface area contributed by atoms with Crippen LogP contribution in [0.2, 0.25) is 0 Å². The van der Waals surface area contributed by atoms with E-state index in [0.29, 0.717) is 25.5 Å². The zero-order valence-corrected chi connectivity index (χ0v) is 15.5. The van der Waals surface area contributed by atoms with Crippen molar-refractivity contribution in [3.05, 3.63) is 12.4 Å². The van der Waals surface area contributed by atoms with Crippen molar-refractivity contribution in [2.45, 2.75) is 47.3 Å². The molecule has 1 amide bonds. The lowest BCUT2D eigenvalue weighted by molar-refractivity contribution is -0.157. The first-order valence-electron chi connectivity index (χ1n) is 8.48. The Bertz CT molecular complexity index is 537. The summed E-state index contributed by atoms with van der Waals surface area (Å²) in [6, 6.07) is 0. The van der Waals surface area contributed by atoms with Crippen LogP contribution in [-0.4, -0.2) is 48.1 Å². The molecule has 0 aliphatic heterocycles. The molecule has 1 aromatic heterocycles. The second kappa shape index (κ2) is 10.8. The number of carbonyl (C=O) groups is 2. The largest absolute Gasteiger partial charge is 0.442 e. The molecule has 8 nitrogen and oxygen atoms in total. The molecule has 0 bridgehead atoms. The van der Waals surface area contributed by atoms with Gasteiger partial charge in [0.2, 0.25) is 5.91 Å². The van der Waals surface area contributed by atoms with Gasteiger partial charge in [0.05, 0.1) is 36.7 Å². The maximum atomic E-state index is 11.8. The molecule has 0 saturated carbocycles. The Morgan fingerprint density at radius 3 is 2.60 bits per heavy atom. The minimum Gasteiger partial charge on any atom is -0.442 e. The Morgan fingerprint density at radius 1 is 1.20 bits per heavy atom. The summed E-state index contributed by atoms with van der Waals surface area (Å²) in [6.07, 6.45) is 5.18. The van der Waals surface area contributed by atoms with E-state index in [9.17, 15) is 9.59 Å². The lowest BCUT2D eigenvalue weighted by Gasteiger charge is -2.16. The van der Waals surface area contributed by atoms with Gasteiger partial charge in [-0.15, -0.1) is 0 Å². The van der Waals surface area contributed by atoms with Gasteiger partial charge in [0, 0.05) is 6.61 Å². The SMILES string of the molecule is CCCCOCCOCC(=O)Nc1cnn(COC(=O)C(C)(C)C)c1. The van der Waals surface area contributed by atoms with Gasteiger partial charge in [0.15, 0.2) is 6.73 Å². The molecule has 0 aliphatic rings. The van der Waals surface area contributed by atoms with Gasteiger partial charge in [-0.1, -0.05) is 13.3 Å². The molecular formula is C17H29N3O5. The second-order valence-electron chi connectivity index (χ2n) is 6.65. The molecule has 0 unspecified atom stereocenters. The molecule has 0 aromatic carbocycles. The number of esters is 1. The fraction of sp³-hybridized carbons (Fsp3) is 0.706. The zero-order valence-electron chi connectivity index (χ0n) is 15.5.